The number of fused-ring (bicyclic) bond motifs is 1. The van der Waals surface area contributed by atoms with Gasteiger partial charge in [0, 0.05) is 47.8 Å². The van der Waals surface area contributed by atoms with E-state index >= 15 is 0 Å². The van der Waals surface area contributed by atoms with Gasteiger partial charge in [-0.25, -0.2) is 9.97 Å². The molecule has 3 aromatic rings. The molecule has 1 amide bonds. The summed E-state index contributed by atoms with van der Waals surface area (Å²) >= 11 is 0. The van der Waals surface area contributed by atoms with Crippen LogP contribution in [0.25, 0.3) is 22.0 Å². The number of nitrogens with zero attached hydrogens (tertiary/aromatic N) is 3. The maximum absolute atomic E-state index is 12.6. The minimum absolute atomic E-state index is 0.137. The van der Waals surface area contributed by atoms with Gasteiger partial charge in [-0.3, -0.25) is 14.6 Å². The zero-order valence-corrected chi connectivity index (χ0v) is 17.1. The highest BCUT2D eigenvalue weighted by atomic mass is 16.5. The monoisotopic (exact) mass is 405 g/mol. The number of hydrogen-bond donors (Lipinski definition) is 2. The molecule has 1 fully saturated rings. The highest BCUT2D eigenvalue weighted by Gasteiger charge is 2.55. The molecule has 0 bridgehead atoms. The summed E-state index contributed by atoms with van der Waals surface area (Å²) in [6.45, 7) is 5.52. The van der Waals surface area contributed by atoms with Gasteiger partial charge < -0.3 is 15.8 Å². The van der Waals surface area contributed by atoms with E-state index in [1.165, 1.54) is 6.92 Å². The predicted molar refractivity (Wildman–Crippen MR) is 113 cm³/mol. The molecule has 8 nitrogen and oxygen atoms in total. The number of anilines is 2. The summed E-state index contributed by atoms with van der Waals surface area (Å²) in [5, 5.41) is 4.40. The molecule has 3 N–H and O–H groups in total. The number of pyridine rings is 3. The molecular formula is C22H23N5O3. The second-order valence-electron chi connectivity index (χ2n) is 8.05. The number of nitrogen functional groups attached to an aromatic ring is 1. The Balaban J connectivity index is 1.57. The molecule has 0 radical (unpaired) electrons. The van der Waals surface area contributed by atoms with Crippen molar-refractivity contribution < 1.29 is 14.3 Å². The van der Waals surface area contributed by atoms with Gasteiger partial charge in [-0.2, -0.15) is 0 Å². The number of amides is 1. The van der Waals surface area contributed by atoms with E-state index in [-0.39, 0.29) is 29.8 Å². The van der Waals surface area contributed by atoms with Crippen LogP contribution in [-0.2, 0) is 14.3 Å². The summed E-state index contributed by atoms with van der Waals surface area (Å²) in [5.74, 6) is 0.109. The second kappa shape index (κ2) is 7.37. The normalized spacial score (nSPS) is 20.0. The number of ether oxygens (including phenoxy) is 1. The summed E-state index contributed by atoms with van der Waals surface area (Å²) in [4.78, 5) is 36.6. The van der Waals surface area contributed by atoms with E-state index in [1.807, 2.05) is 26.0 Å². The van der Waals surface area contributed by atoms with Crippen LogP contribution in [-0.4, -0.2) is 33.4 Å². The molecule has 0 aliphatic heterocycles. The van der Waals surface area contributed by atoms with Crippen LogP contribution in [0.2, 0.25) is 0 Å². The first kappa shape index (κ1) is 19.8. The Bertz CT molecular complexity index is 1160. The fourth-order valence-electron chi connectivity index (χ4n) is 3.57. The van der Waals surface area contributed by atoms with Crippen LogP contribution in [0.3, 0.4) is 0 Å². The molecule has 30 heavy (non-hydrogen) atoms. The Morgan fingerprint density at radius 3 is 2.87 bits per heavy atom. The maximum Gasteiger partial charge on any atom is 0.302 e. The van der Waals surface area contributed by atoms with Gasteiger partial charge in [0.2, 0.25) is 5.91 Å². The molecule has 154 valence electrons. The van der Waals surface area contributed by atoms with E-state index in [4.69, 9.17) is 10.5 Å². The highest BCUT2D eigenvalue weighted by molar-refractivity contribution is 5.98. The van der Waals surface area contributed by atoms with Gasteiger partial charge in [0.25, 0.3) is 0 Å². The molecule has 0 spiro atoms. The lowest BCUT2D eigenvalue weighted by atomic mass is 10.1. The van der Waals surface area contributed by atoms with E-state index < -0.39 is 0 Å². The molecule has 2 atom stereocenters. The van der Waals surface area contributed by atoms with E-state index in [1.54, 1.807) is 24.7 Å². The Morgan fingerprint density at radius 2 is 2.13 bits per heavy atom. The average Bonchev–Trinajstić information content (AvgIpc) is 3.39. The number of esters is 1. The van der Waals surface area contributed by atoms with E-state index in [9.17, 15) is 9.59 Å². The third-order valence-corrected chi connectivity index (χ3v) is 5.58. The van der Waals surface area contributed by atoms with Gasteiger partial charge in [-0.05, 0) is 42.5 Å². The minimum atomic E-state index is -0.343. The first-order valence-electron chi connectivity index (χ1n) is 9.68. The summed E-state index contributed by atoms with van der Waals surface area (Å²) < 4.78 is 5.07. The first-order chi connectivity index (χ1) is 14.3. The van der Waals surface area contributed by atoms with Crippen molar-refractivity contribution in [1.29, 1.82) is 0 Å². The van der Waals surface area contributed by atoms with Crippen molar-refractivity contribution in [2.45, 2.75) is 27.2 Å². The molecule has 4 rings (SSSR count). The van der Waals surface area contributed by atoms with Crippen LogP contribution in [0.5, 0.6) is 0 Å². The first-order valence-corrected chi connectivity index (χ1v) is 9.68. The average molecular weight is 405 g/mol. The van der Waals surface area contributed by atoms with Crippen molar-refractivity contribution in [3.05, 3.63) is 42.4 Å². The number of hydrogen-bond acceptors (Lipinski definition) is 7. The number of rotatable bonds is 5. The Kier molecular flexibility index (Phi) is 4.85. The lowest BCUT2D eigenvalue weighted by Crippen LogP contribution is -2.21. The van der Waals surface area contributed by atoms with Gasteiger partial charge in [0.15, 0.2) is 0 Å². The smallest absolute Gasteiger partial charge is 0.302 e. The van der Waals surface area contributed by atoms with Gasteiger partial charge in [0.05, 0.1) is 12.3 Å². The Hall–Kier alpha value is -3.55. The minimum Gasteiger partial charge on any atom is -0.465 e. The summed E-state index contributed by atoms with van der Waals surface area (Å²) in [5.41, 5.74) is 8.47. The second-order valence-corrected chi connectivity index (χ2v) is 8.05. The number of nitrogens with one attached hydrogen (secondary N) is 1. The van der Waals surface area contributed by atoms with Crippen LogP contribution in [0.15, 0.2) is 36.8 Å². The lowest BCUT2D eigenvalue weighted by molar-refractivity contribution is -0.143. The van der Waals surface area contributed by atoms with E-state index in [0.717, 1.165) is 16.5 Å². The van der Waals surface area contributed by atoms with Gasteiger partial charge in [0.1, 0.15) is 11.6 Å². The molecule has 1 saturated carbocycles. The van der Waals surface area contributed by atoms with Gasteiger partial charge in [-0.1, -0.05) is 6.92 Å². The molecule has 3 heterocycles. The van der Waals surface area contributed by atoms with Crippen LogP contribution in [0, 0.1) is 18.3 Å². The number of aromatic nitrogens is 3. The topological polar surface area (TPSA) is 120 Å². The summed E-state index contributed by atoms with van der Waals surface area (Å²) in [6.07, 6.45) is 5.76. The molecule has 0 saturated heterocycles. The third kappa shape index (κ3) is 3.80. The molecular weight excluding hydrogens is 382 g/mol. The van der Waals surface area contributed by atoms with Crippen LogP contribution >= 0.6 is 0 Å². The number of carbonyl (C=O) groups is 2. The molecule has 8 heteroatoms. The molecule has 0 unspecified atom stereocenters. The lowest BCUT2D eigenvalue weighted by Gasteiger charge is -2.12. The highest BCUT2D eigenvalue weighted by Crippen LogP contribution is 2.52. The quantitative estimate of drug-likeness (QED) is 0.626. The molecule has 3 aromatic heterocycles. The largest absolute Gasteiger partial charge is 0.465 e. The van der Waals surface area contributed by atoms with Crippen molar-refractivity contribution in [3.63, 3.8) is 0 Å². The van der Waals surface area contributed by atoms with Crippen LogP contribution < -0.4 is 11.1 Å². The number of carbonyl (C=O) groups excluding carboxylic acids is 2. The Morgan fingerprint density at radius 1 is 1.33 bits per heavy atom. The zero-order chi connectivity index (χ0) is 21.5. The standard InChI is InChI=1S/C22H23N5O3/c1-12-4-5-24-9-15(12)18-6-14-7-19(25-10-16(14)20(23)26-18)27-21(29)17-8-22(17,3)11-30-13(2)28/h4-7,9-10,17H,8,11H2,1-3H3,(H2,23,26)(H,25,27,29)/t17-,22-/m0/s1. The summed E-state index contributed by atoms with van der Waals surface area (Å²) in [6, 6.07) is 5.61. The third-order valence-electron chi connectivity index (χ3n) is 5.58. The Labute approximate surface area is 173 Å². The zero-order valence-electron chi connectivity index (χ0n) is 17.1. The van der Waals surface area contributed by atoms with E-state index in [2.05, 4.69) is 20.3 Å². The molecule has 1 aliphatic rings. The van der Waals surface area contributed by atoms with E-state index in [0.29, 0.717) is 29.1 Å². The fraction of sp³-hybridized carbons (Fsp3) is 0.318. The van der Waals surface area contributed by atoms with Crippen molar-refractivity contribution >= 4 is 34.3 Å². The van der Waals surface area contributed by atoms with Gasteiger partial charge >= 0.3 is 5.97 Å². The molecule has 1 aliphatic carbocycles. The van der Waals surface area contributed by atoms with Crippen LogP contribution in [0.1, 0.15) is 25.8 Å². The van der Waals surface area contributed by atoms with Gasteiger partial charge in [-0.15, -0.1) is 0 Å². The SMILES string of the molecule is CC(=O)OC[C@]1(C)C[C@H]1C(=O)Nc1cc2cc(-c3cnccc3C)nc(N)c2cn1. The van der Waals surface area contributed by atoms with Crippen molar-refractivity contribution in [1.82, 2.24) is 15.0 Å². The molecule has 0 aromatic carbocycles. The summed E-state index contributed by atoms with van der Waals surface area (Å²) in [7, 11) is 0. The van der Waals surface area contributed by atoms with Crippen molar-refractivity contribution in [3.8, 4) is 11.3 Å². The predicted octanol–water partition coefficient (Wildman–Crippen LogP) is 3.11. The fourth-order valence-corrected chi connectivity index (χ4v) is 3.57. The number of aryl methyl sites for hydroxylation is 1. The maximum atomic E-state index is 12.6. The number of nitrogens with two attached hydrogens (primary N) is 1. The van der Waals surface area contributed by atoms with Crippen LogP contribution in [0.4, 0.5) is 11.6 Å². The van der Waals surface area contributed by atoms with Crippen molar-refractivity contribution in [2.24, 2.45) is 11.3 Å². The van der Waals surface area contributed by atoms with Crippen molar-refractivity contribution in [2.75, 3.05) is 17.7 Å².